The number of aromatic nitrogens is 2. The van der Waals surface area contributed by atoms with Crippen LogP contribution in [0, 0.1) is 0 Å². The van der Waals surface area contributed by atoms with Crippen LogP contribution >= 0.6 is 11.6 Å². The van der Waals surface area contributed by atoms with E-state index in [2.05, 4.69) is 70.3 Å². The summed E-state index contributed by atoms with van der Waals surface area (Å²) < 4.78 is 2.17. The van der Waals surface area contributed by atoms with E-state index < -0.39 is 0 Å². The van der Waals surface area contributed by atoms with Gasteiger partial charge in [0.25, 0.3) is 0 Å². The molecule has 112 valence electrons. The Morgan fingerprint density at radius 1 is 0.826 bits per heavy atom. The molecule has 0 aliphatic heterocycles. The molecule has 0 saturated heterocycles. The summed E-state index contributed by atoms with van der Waals surface area (Å²) in [7, 11) is 0. The molecule has 0 spiro atoms. The molecule has 0 N–H and O–H groups in total. The van der Waals surface area contributed by atoms with Crippen molar-refractivity contribution in [3.8, 4) is 11.1 Å². The number of benzene rings is 2. The molecule has 0 amide bonds. The summed E-state index contributed by atoms with van der Waals surface area (Å²) in [4.78, 5) is 4.55. The maximum atomic E-state index is 6.12. The van der Waals surface area contributed by atoms with Gasteiger partial charge in [0.15, 0.2) is 0 Å². The summed E-state index contributed by atoms with van der Waals surface area (Å²) in [5.74, 6) is 0. The van der Waals surface area contributed by atoms with Crippen molar-refractivity contribution in [2.24, 2.45) is 0 Å². The van der Waals surface area contributed by atoms with Crippen LogP contribution in [0.5, 0.6) is 0 Å². The second-order valence-electron chi connectivity index (χ2n) is 5.53. The quantitative estimate of drug-likeness (QED) is 0.462. The largest absolute Gasteiger partial charge is 0.327 e. The van der Waals surface area contributed by atoms with Crippen LogP contribution < -0.4 is 0 Å². The molecule has 4 aromatic rings. The zero-order valence-corrected chi connectivity index (χ0v) is 13.2. The second kappa shape index (κ2) is 5.90. The molecule has 0 unspecified atom stereocenters. The molecule has 23 heavy (non-hydrogen) atoms. The Morgan fingerprint density at radius 3 is 2.26 bits per heavy atom. The topological polar surface area (TPSA) is 17.8 Å². The maximum Gasteiger partial charge on any atom is 0.142 e. The van der Waals surface area contributed by atoms with E-state index in [1.54, 1.807) is 0 Å². The molecule has 2 aromatic carbocycles. The molecular formula is C20H15ClN2. The molecule has 0 atom stereocenters. The molecule has 2 heterocycles. The highest BCUT2D eigenvalue weighted by Gasteiger charge is 2.12. The number of pyridine rings is 1. The predicted octanol–water partition coefficient (Wildman–Crippen LogP) is 5.41. The number of nitrogens with zero attached hydrogens (tertiary/aromatic N) is 2. The van der Waals surface area contributed by atoms with Crippen LogP contribution in [0.2, 0.25) is 5.15 Å². The van der Waals surface area contributed by atoms with E-state index in [0.717, 1.165) is 17.6 Å². The summed E-state index contributed by atoms with van der Waals surface area (Å²) >= 11 is 6.12. The van der Waals surface area contributed by atoms with Crippen LogP contribution in [0.15, 0.2) is 79.0 Å². The highest BCUT2D eigenvalue weighted by atomic mass is 35.5. The Labute approximate surface area is 140 Å². The lowest BCUT2D eigenvalue weighted by molar-refractivity contribution is 0.826. The van der Waals surface area contributed by atoms with Crippen molar-refractivity contribution in [3.63, 3.8) is 0 Å². The third-order valence-electron chi connectivity index (χ3n) is 3.97. The van der Waals surface area contributed by atoms with E-state index in [0.29, 0.717) is 5.15 Å². The highest BCUT2D eigenvalue weighted by molar-refractivity contribution is 6.29. The van der Waals surface area contributed by atoms with Gasteiger partial charge in [0.05, 0.1) is 0 Å². The summed E-state index contributed by atoms with van der Waals surface area (Å²) in [5.41, 5.74) is 4.53. The number of hydrogen-bond donors (Lipinski definition) is 0. The smallest absolute Gasteiger partial charge is 0.142 e. The number of halogens is 1. The van der Waals surface area contributed by atoms with E-state index in [1.165, 1.54) is 16.7 Å². The molecule has 0 bridgehead atoms. The molecular weight excluding hydrogens is 304 g/mol. The van der Waals surface area contributed by atoms with Crippen molar-refractivity contribution in [2.75, 3.05) is 0 Å². The molecule has 4 rings (SSSR count). The average Bonchev–Trinajstić information content (AvgIpc) is 2.94. The van der Waals surface area contributed by atoms with Gasteiger partial charge in [0, 0.05) is 23.7 Å². The lowest BCUT2D eigenvalue weighted by atomic mass is 10.1. The summed E-state index contributed by atoms with van der Waals surface area (Å²) in [5, 5.41) is 1.64. The minimum Gasteiger partial charge on any atom is -0.327 e. The Kier molecular flexibility index (Phi) is 3.60. The molecule has 2 nitrogen and oxygen atoms in total. The van der Waals surface area contributed by atoms with Crippen LogP contribution in [-0.4, -0.2) is 9.55 Å². The number of rotatable bonds is 3. The first-order valence-corrected chi connectivity index (χ1v) is 7.94. The zero-order chi connectivity index (χ0) is 15.6. The van der Waals surface area contributed by atoms with Crippen molar-refractivity contribution in [1.29, 1.82) is 0 Å². The summed E-state index contributed by atoms with van der Waals surface area (Å²) in [6, 6.07) is 24.7. The Morgan fingerprint density at radius 2 is 1.52 bits per heavy atom. The fraction of sp³-hybridized carbons (Fsp3) is 0.0500. The van der Waals surface area contributed by atoms with Crippen molar-refractivity contribution in [2.45, 2.75) is 6.54 Å². The lowest BCUT2D eigenvalue weighted by Gasteiger charge is -2.04. The van der Waals surface area contributed by atoms with Crippen LogP contribution in [0.3, 0.4) is 0 Å². The van der Waals surface area contributed by atoms with Gasteiger partial charge < -0.3 is 4.57 Å². The van der Waals surface area contributed by atoms with E-state index in [-0.39, 0.29) is 0 Å². The molecule has 0 radical (unpaired) electrons. The molecule has 0 fully saturated rings. The average molecular weight is 319 g/mol. The van der Waals surface area contributed by atoms with Crippen LogP contribution in [0.4, 0.5) is 0 Å². The van der Waals surface area contributed by atoms with Gasteiger partial charge in [-0.25, -0.2) is 4.98 Å². The number of fused-ring (bicyclic) bond motifs is 1. The maximum absolute atomic E-state index is 6.12. The van der Waals surface area contributed by atoms with Gasteiger partial charge in [-0.1, -0.05) is 72.3 Å². The van der Waals surface area contributed by atoms with Crippen LogP contribution in [0.25, 0.3) is 22.2 Å². The van der Waals surface area contributed by atoms with Gasteiger partial charge in [-0.2, -0.15) is 0 Å². The van der Waals surface area contributed by atoms with Crippen molar-refractivity contribution in [1.82, 2.24) is 9.55 Å². The summed E-state index contributed by atoms with van der Waals surface area (Å²) in [6.07, 6.45) is 2.16. The third kappa shape index (κ3) is 2.73. The van der Waals surface area contributed by atoms with E-state index >= 15 is 0 Å². The fourth-order valence-corrected chi connectivity index (χ4v) is 3.03. The Hall–Kier alpha value is -2.58. The van der Waals surface area contributed by atoms with E-state index in [4.69, 9.17) is 11.6 Å². The second-order valence-corrected chi connectivity index (χ2v) is 5.91. The van der Waals surface area contributed by atoms with Crippen molar-refractivity contribution in [3.05, 3.63) is 89.7 Å². The van der Waals surface area contributed by atoms with Gasteiger partial charge in [-0.05, 0) is 23.3 Å². The first kappa shape index (κ1) is 14.0. The first-order chi connectivity index (χ1) is 11.3. The Bertz CT molecular complexity index is 943. The van der Waals surface area contributed by atoms with Crippen LogP contribution in [-0.2, 0) is 6.54 Å². The molecule has 0 aliphatic carbocycles. The predicted molar refractivity (Wildman–Crippen MR) is 95.7 cm³/mol. The number of hydrogen-bond acceptors (Lipinski definition) is 1. The van der Waals surface area contributed by atoms with Gasteiger partial charge >= 0.3 is 0 Å². The minimum absolute atomic E-state index is 0.518. The van der Waals surface area contributed by atoms with E-state index in [9.17, 15) is 0 Å². The van der Waals surface area contributed by atoms with Crippen molar-refractivity contribution >= 4 is 22.6 Å². The van der Waals surface area contributed by atoms with Crippen molar-refractivity contribution < 1.29 is 0 Å². The lowest BCUT2D eigenvalue weighted by Crippen LogP contribution is -1.98. The van der Waals surface area contributed by atoms with Gasteiger partial charge in [-0.3, -0.25) is 0 Å². The first-order valence-electron chi connectivity index (χ1n) is 7.56. The monoisotopic (exact) mass is 318 g/mol. The highest BCUT2D eigenvalue weighted by Crippen LogP contribution is 2.31. The third-order valence-corrected chi connectivity index (χ3v) is 4.18. The SMILES string of the molecule is Clc1ccc2c(-c3ccccc3)cn(Cc3ccccc3)c2n1. The zero-order valence-electron chi connectivity index (χ0n) is 12.5. The molecule has 0 aliphatic rings. The summed E-state index contributed by atoms with van der Waals surface area (Å²) in [6.45, 7) is 0.775. The van der Waals surface area contributed by atoms with Gasteiger partial charge in [-0.15, -0.1) is 0 Å². The Balaban J connectivity index is 1.89. The normalized spacial score (nSPS) is 11.0. The van der Waals surface area contributed by atoms with Crippen LogP contribution in [0.1, 0.15) is 5.56 Å². The molecule has 2 aromatic heterocycles. The van der Waals surface area contributed by atoms with Gasteiger partial charge in [0.2, 0.25) is 0 Å². The fourth-order valence-electron chi connectivity index (χ4n) is 2.89. The molecule has 3 heteroatoms. The molecule has 0 saturated carbocycles. The van der Waals surface area contributed by atoms with Gasteiger partial charge in [0.1, 0.15) is 10.8 Å². The minimum atomic E-state index is 0.518. The van der Waals surface area contributed by atoms with E-state index in [1.807, 2.05) is 18.2 Å². The standard InChI is InChI=1S/C20H15ClN2/c21-19-12-11-17-18(16-9-5-2-6-10-16)14-23(20(17)22-19)13-15-7-3-1-4-8-15/h1-12,14H,13H2.